The first-order valence-corrected chi connectivity index (χ1v) is 10.8. The van der Waals surface area contributed by atoms with Crippen LogP contribution in [-0.2, 0) is 4.79 Å². The molecule has 8 heteroatoms. The lowest BCUT2D eigenvalue weighted by Crippen LogP contribution is -2.50. The molecule has 3 heterocycles. The third-order valence-corrected chi connectivity index (χ3v) is 6.15. The predicted octanol–water partition coefficient (Wildman–Crippen LogP) is 2.98. The number of aryl methyl sites for hydroxylation is 1. The first-order chi connectivity index (χ1) is 14.5. The molecule has 0 saturated carbocycles. The van der Waals surface area contributed by atoms with E-state index >= 15 is 0 Å². The van der Waals surface area contributed by atoms with Crippen LogP contribution in [0.4, 0.5) is 11.4 Å². The Morgan fingerprint density at radius 2 is 1.77 bits per heavy atom. The molecule has 0 radical (unpaired) electrons. The molecule has 1 aromatic heterocycles. The van der Waals surface area contributed by atoms with Gasteiger partial charge in [-0.3, -0.25) is 19.8 Å². The Morgan fingerprint density at radius 3 is 2.43 bits per heavy atom. The van der Waals surface area contributed by atoms with Gasteiger partial charge in [0.25, 0.3) is 5.69 Å². The van der Waals surface area contributed by atoms with E-state index in [2.05, 4.69) is 14.8 Å². The molecule has 1 amide bonds. The van der Waals surface area contributed by atoms with Crippen LogP contribution in [0, 0.1) is 17.0 Å². The fraction of sp³-hybridized carbons (Fsp3) is 0.545. The zero-order valence-electron chi connectivity index (χ0n) is 17.5. The Balaban J connectivity index is 1.45. The van der Waals surface area contributed by atoms with Gasteiger partial charge in [-0.2, -0.15) is 0 Å². The van der Waals surface area contributed by atoms with Gasteiger partial charge in [-0.05, 0) is 25.8 Å². The maximum absolute atomic E-state index is 12.7. The summed E-state index contributed by atoms with van der Waals surface area (Å²) in [6.45, 7) is 7.31. The van der Waals surface area contributed by atoms with E-state index < -0.39 is 0 Å². The minimum atomic E-state index is -0.370. The van der Waals surface area contributed by atoms with Crippen molar-refractivity contribution in [3.63, 3.8) is 0 Å². The van der Waals surface area contributed by atoms with Gasteiger partial charge >= 0.3 is 0 Å². The van der Waals surface area contributed by atoms with Crippen LogP contribution in [0.25, 0.3) is 10.9 Å². The second kappa shape index (κ2) is 8.95. The first-order valence-electron chi connectivity index (χ1n) is 10.8. The number of para-hydroxylation sites is 1. The summed E-state index contributed by atoms with van der Waals surface area (Å²) in [4.78, 5) is 34.7. The highest BCUT2D eigenvalue weighted by Crippen LogP contribution is 2.32. The van der Waals surface area contributed by atoms with Crippen LogP contribution in [0.15, 0.2) is 24.3 Å². The van der Waals surface area contributed by atoms with Crippen molar-refractivity contribution in [2.24, 2.45) is 0 Å². The van der Waals surface area contributed by atoms with Crippen LogP contribution in [0.2, 0.25) is 0 Å². The highest BCUT2D eigenvalue weighted by Gasteiger charge is 2.24. The fourth-order valence-corrected chi connectivity index (χ4v) is 4.51. The number of pyridine rings is 1. The standard InChI is InChI=1S/C22H29N5O3/c1-17-15-20(18-7-6-8-19(27(29)30)22(18)23-17)25-13-11-24(12-14-25)16-21(28)26-9-4-2-3-5-10-26/h6-8,15H,2-5,9-14,16H2,1H3. The highest BCUT2D eigenvalue weighted by molar-refractivity contribution is 5.97. The Bertz CT molecular complexity index is 932. The summed E-state index contributed by atoms with van der Waals surface area (Å²) in [6.07, 6.45) is 4.67. The molecule has 0 N–H and O–H groups in total. The number of amides is 1. The molecular weight excluding hydrogens is 382 g/mol. The molecule has 4 rings (SSSR count). The number of aromatic nitrogens is 1. The van der Waals surface area contributed by atoms with E-state index in [4.69, 9.17) is 0 Å². The highest BCUT2D eigenvalue weighted by atomic mass is 16.6. The van der Waals surface area contributed by atoms with Crippen molar-refractivity contribution >= 4 is 28.2 Å². The molecule has 2 aliphatic rings. The number of hydrogen-bond donors (Lipinski definition) is 0. The van der Waals surface area contributed by atoms with Gasteiger partial charge in [0.05, 0.1) is 11.5 Å². The second-order valence-electron chi connectivity index (χ2n) is 8.27. The first kappa shape index (κ1) is 20.5. The topological polar surface area (TPSA) is 82.8 Å². The SMILES string of the molecule is Cc1cc(N2CCN(CC(=O)N3CCCCCC3)CC2)c2cccc([N+](=O)[O-])c2n1. The molecule has 0 aliphatic carbocycles. The lowest BCUT2D eigenvalue weighted by atomic mass is 10.1. The van der Waals surface area contributed by atoms with Crippen molar-refractivity contribution in [1.29, 1.82) is 0 Å². The summed E-state index contributed by atoms with van der Waals surface area (Å²) >= 11 is 0. The number of benzene rings is 1. The Kier molecular flexibility index (Phi) is 6.13. The summed E-state index contributed by atoms with van der Waals surface area (Å²) in [5.41, 5.74) is 2.24. The van der Waals surface area contributed by atoms with Gasteiger partial charge in [-0.1, -0.05) is 25.0 Å². The van der Waals surface area contributed by atoms with E-state index in [1.54, 1.807) is 6.07 Å². The normalized spacial score (nSPS) is 18.4. The molecule has 30 heavy (non-hydrogen) atoms. The number of carbonyl (C=O) groups is 1. The molecule has 2 aliphatic heterocycles. The summed E-state index contributed by atoms with van der Waals surface area (Å²) in [7, 11) is 0. The molecule has 0 unspecified atom stereocenters. The van der Waals surface area contributed by atoms with E-state index in [0.29, 0.717) is 12.1 Å². The Hall–Kier alpha value is -2.74. The summed E-state index contributed by atoms with van der Waals surface area (Å²) < 4.78 is 0. The van der Waals surface area contributed by atoms with E-state index in [9.17, 15) is 14.9 Å². The predicted molar refractivity (Wildman–Crippen MR) is 117 cm³/mol. The van der Waals surface area contributed by atoms with Crippen molar-refractivity contribution in [3.8, 4) is 0 Å². The van der Waals surface area contributed by atoms with E-state index in [1.807, 2.05) is 24.0 Å². The molecular formula is C22H29N5O3. The van der Waals surface area contributed by atoms with Gasteiger partial charge in [-0.15, -0.1) is 0 Å². The minimum Gasteiger partial charge on any atom is -0.368 e. The van der Waals surface area contributed by atoms with E-state index in [-0.39, 0.29) is 16.5 Å². The number of nitrogens with zero attached hydrogens (tertiary/aromatic N) is 5. The number of anilines is 1. The molecule has 1 aromatic carbocycles. The third-order valence-electron chi connectivity index (χ3n) is 6.15. The van der Waals surface area contributed by atoms with Gasteiger partial charge in [0.1, 0.15) is 0 Å². The Labute approximate surface area is 176 Å². The van der Waals surface area contributed by atoms with Crippen molar-refractivity contribution in [2.45, 2.75) is 32.6 Å². The minimum absolute atomic E-state index is 0.0409. The average molecular weight is 412 g/mol. The number of piperazine rings is 1. The van der Waals surface area contributed by atoms with Crippen molar-refractivity contribution in [1.82, 2.24) is 14.8 Å². The smallest absolute Gasteiger partial charge is 0.295 e. The second-order valence-corrected chi connectivity index (χ2v) is 8.27. The van der Waals surface area contributed by atoms with Crippen LogP contribution in [0.5, 0.6) is 0 Å². The van der Waals surface area contributed by atoms with Crippen molar-refractivity contribution in [3.05, 3.63) is 40.1 Å². The number of nitro benzene ring substituents is 1. The van der Waals surface area contributed by atoms with Gasteiger partial charge in [0.15, 0.2) is 5.52 Å². The largest absolute Gasteiger partial charge is 0.368 e. The lowest BCUT2D eigenvalue weighted by Gasteiger charge is -2.37. The quantitative estimate of drug-likeness (QED) is 0.568. The monoisotopic (exact) mass is 411 g/mol. The van der Waals surface area contributed by atoms with Crippen LogP contribution in [0.1, 0.15) is 31.4 Å². The molecule has 2 aromatic rings. The van der Waals surface area contributed by atoms with Crippen LogP contribution in [0.3, 0.4) is 0 Å². The fourth-order valence-electron chi connectivity index (χ4n) is 4.51. The van der Waals surface area contributed by atoms with Gasteiger partial charge in [0, 0.05) is 62.1 Å². The molecule has 2 saturated heterocycles. The zero-order valence-corrected chi connectivity index (χ0v) is 17.5. The number of likely N-dealkylation sites (tertiary alicyclic amines) is 1. The number of rotatable bonds is 4. The third kappa shape index (κ3) is 4.38. The zero-order chi connectivity index (χ0) is 21.1. The molecule has 160 valence electrons. The van der Waals surface area contributed by atoms with Gasteiger partial charge < -0.3 is 9.80 Å². The molecule has 0 bridgehead atoms. The van der Waals surface area contributed by atoms with Crippen LogP contribution < -0.4 is 4.90 Å². The van der Waals surface area contributed by atoms with Crippen LogP contribution in [-0.4, -0.2) is 71.4 Å². The maximum Gasteiger partial charge on any atom is 0.295 e. The maximum atomic E-state index is 12.7. The number of carbonyl (C=O) groups excluding carboxylic acids is 1. The number of non-ortho nitro benzene ring substituents is 1. The van der Waals surface area contributed by atoms with Crippen molar-refractivity contribution in [2.75, 3.05) is 50.7 Å². The van der Waals surface area contributed by atoms with E-state index in [0.717, 1.165) is 68.9 Å². The van der Waals surface area contributed by atoms with Crippen molar-refractivity contribution < 1.29 is 9.72 Å². The van der Waals surface area contributed by atoms with Gasteiger partial charge in [-0.25, -0.2) is 4.98 Å². The number of nitro groups is 1. The number of hydrogen-bond acceptors (Lipinski definition) is 6. The average Bonchev–Trinajstić information content (AvgIpc) is 3.03. The molecule has 2 fully saturated rings. The number of fused-ring (bicyclic) bond motifs is 1. The van der Waals surface area contributed by atoms with Crippen LogP contribution >= 0.6 is 0 Å². The molecule has 8 nitrogen and oxygen atoms in total. The lowest BCUT2D eigenvalue weighted by molar-refractivity contribution is -0.383. The Morgan fingerprint density at radius 1 is 1.07 bits per heavy atom. The summed E-state index contributed by atoms with van der Waals surface area (Å²) in [6, 6.07) is 7.13. The molecule has 0 spiro atoms. The van der Waals surface area contributed by atoms with E-state index in [1.165, 1.54) is 18.9 Å². The molecule has 0 atom stereocenters. The summed E-state index contributed by atoms with van der Waals surface area (Å²) in [5, 5.41) is 12.2. The summed E-state index contributed by atoms with van der Waals surface area (Å²) in [5.74, 6) is 0.242. The van der Waals surface area contributed by atoms with Gasteiger partial charge in [0.2, 0.25) is 5.91 Å².